The third-order valence-electron chi connectivity index (χ3n) is 3.43. The molecule has 8 heteroatoms. The van der Waals surface area contributed by atoms with Gasteiger partial charge in [0.15, 0.2) is 17.9 Å². The Labute approximate surface area is 149 Å². The molecule has 1 aromatic heterocycles. The van der Waals surface area contributed by atoms with Crippen molar-refractivity contribution in [2.45, 2.75) is 19.9 Å². The van der Waals surface area contributed by atoms with Crippen LogP contribution >= 0.6 is 0 Å². The molecule has 0 saturated heterocycles. The lowest BCUT2D eigenvalue weighted by Gasteiger charge is -2.08. The van der Waals surface area contributed by atoms with Crippen LogP contribution in [0.2, 0.25) is 0 Å². The molecule has 1 heterocycles. The number of carbonyl (C=O) groups is 1. The van der Waals surface area contributed by atoms with Crippen LogP contribution in [0, 0.1) is 24.1 Å². The van der Waals surface area contributed by atoms with Crippen LogP contribution in [0.5, 0.6) is 5.75 Å². The molecule has 0 aliphatic carbocycles. The topological polar surface area (TPSA) is 82.5 Å². The van der Waals surface area contributed by atoms with E-state index < -0.39 is 17.4 Å². The minimum absolute atomic E-state index is 0.129. The number of nitrogens with two attached hydrogens (primary N) is 1. The van der Waals surface area contributed by atoms with Gasteiger partial charge in [-0.15, -0.1) is 0 Å². The van der Waals surface area contributed by atoms with Gasteiger partial charge in [0.2, 0.25) is 11.6 Å². The SMILES string of the molecule is C#CN=C(/C=C(/C)CCn1ncc(C=O)c1N)Oc1c(F)cccc1F. The van der Waals surface area contributed by atoms with Crippen molar-refractivity contribution >= 4 is 18.0 Å². The fourth-order valence-corrected chi connectivity index (χ4v) is 2.08. The van der Waals surface area contributed by atoms with E-state index in [0.717, 1.165) is 17.7 Å². The zero-order valence-electron chi connectivity index (χ0n) is 13.9. The number of aromatic nitrogens is 2. The maximum atomic E-state index is 13.7. The third-order valence-corrected chi connectivity index (χ3v) is 3.43. The Kier molecular flexibility index (Phi) is 6.22. The maximum Gasteiger partial charge on any atom is 0.228 e. The first-order valence-electron chi connectivity index (χ1n) is 7.55. The van der Waals surface area contributed by atoms with E-state index in [0.29, 0.717) is 24.8 Å². The van der Waals surface area contributed by atoms with Crippen molar-refractivity contribution in [3.05, 3.63) is 53.2 Å². The summed E-state index contributed by atoms with van der Waals surface area (Å²) in [6, 6.07) is 5.37. The average Bonchev–Trinajstić information content (AvgIpc) is 2.96. The molecule has 0 spiro atoms. The molecule has 0 fully saturated rings. The molecule has 1 aromatic carbocycles. The normalized spacial score (nSPS) is 11.9. The lowest BCUT2D eigenvalue weighted by molar-refractivity contribution is 0.112. The summed E-state index contributed by atoms with van der Waals surface area (Å²) < 4.78 is 34.0. The number of halogens is 2. The molecular weight excluding hydrogens is 342 g/mol. The van der Waals surface area contributed by atoms with E-state index in [4.69, 9.17) is 16.9 Å². The standard InChI is InChI=1S/C18H16F2N4O2/c1-3-22-16(26-17-14(19)5-4-6-15(17)20)9-12(2)7-8-24-18(21)13(11-25)10-23-24/h1,4-6,9-11H,7-8,21H2,2H3/b12-9-,22-16?. The monoisotopic (exact) mass is 358 g/mol. The van der Waals surface area contributed by atoms with E-state index in [2.05, 4.69) is 10.1 Å². The lowest BCUT2D eigenvalue weighted by Crippen LogP contribution is -2.10. The van der Waals surface area contributed by atoms with Crippen LogP contribution in [0.3, 0.4) is 0 Å². The van der Waals surface area contributed by atoms with Gasteiger partial charge in [0.25, 0.3) is 0 Å². The van der Waals surface area contributed by atoms with Crippen LogP contribution in [0.15, 0.2) is 41.0 Å². The number of hydrogen-bond acceptors (Lipinski definition) is 5. The second-order valence-corrected chi connectivity index (χ2v) is 5.30. The van der Waals surface area contributed by atoms with Crippen molar-refractivity contribution in [1.82, 2.24) is 9.78 Å². The number of aldehydes is 1. The molecule has 0 atom stereocenters. The van der Waals surface area contributed by atoms with Gasteiger partial charge in [0.05, 0.1) is 11.8 Å². The maximum absolute atomic E-state index is 13.7. The van der Waals surface area contributed by atoms with Crippen molar-refractivity contribution in [2.75, 3.05) is 5.73 Å². The number of nitrogen functional groups attached to an aromatic ring is 1. The minimum Gasteiger partial charge on any atom is -0.432 e. The van der Waals surface area contributed by atoms with E-state index >= 15 is 0 Å². The zero-order valence-corrected chi connectivity index (χ0v) is 13.9. The second kappa shape index (κ2) is 8.58. The number of carbonyl (C=O) groups excluding carboxylic acids is 1. The Morgan fingerprint density at radius 1 is 1.46 bits per heavy atom. The number of hydrogen-bond donors (Lipinski definition) is 1. The number of nitrogens with zero attached hydrogens (tertiary/aromatic N) is 3. The molecule has 6 nitrogen and oxygen atoms in total. The van der Waals surface area contributed by atoms with E-state index in [1.807, 2.05) is 6.04 Å². The molecule has 2 N–H and O–H groups in total. The summed E-state index contributed by atoms with van der Waals surface area (Å²) in [6.07, 6.45) is 9.07. The number of para-hydroxylation sites is 1. The number of ether oxygens (including phenoxy) is 1. The van der Waals surface area contributed by atoms with Crippen molar-refractivity contribution in [3.8, 4) is 18.2 Å². The number of terminal acetylenes is 1. The van der Waals surface area contributed by atoms with Crippen LogP contribution in [-0.4, -0.2) is 22.0 Å². The van der Waals surface area contributed by atoms with Gasteiger partial charge in [-0.25, -0.2) is 13.5 Å². The van der Waals surface area contributed by atoms with Crippen molar-refractivity contribution in [1.29, 1.82) is 0 Å². The van der Waals surface area contributed by atoms with Crippen molar-refractivity contribution in [2.24, 2.45) is 4.99 Å². The highest BCUT2D eigenvalue weighted by Gasteiger charge is 2.12. The summed E-state index contributed by atoms with van der Waals surface area (Å²) in [5.41, 5.74) is 6.83. The van der Waals surface area contributed by atoms with Gasteiger partial charge >= 0.3 is 0 Å². The number of rotatable bonds is 6. The van der Waals surface area contributed by atoms with Crippen LogP contribution in [-0.2, 0) is 6.54 Å². The highest BCUT2D eigenvalue weighted by Crippen LogP contribution is 2.21. The highest BCUT2D eigenvalue weighted by atomic mass is 19.1. The first-order chi connectivity index (χ1) is 12.5. The fourth-order valence-electron chi connectivity index (χ4n) is 2.08. The summed E-state index contributed by atoms with van der Waals surface area (Å²) in [7, 11) is 0. The molecule has 2 rings (SSSR count). The molecule has 0 radical (unpaired) electrons. The summed E-state index contributed by atoms with van der Waals surface area (Å²) >= 11 is 0. The smallest absolute Gasteiger partial charge is 0.228 e. The summed E-state index contributed by atoms with van der Waals surface area (Å²) in [5.74, 6) is -2.19. The zero-order chi connectivity index (χ0) is 19.1. The average molecular weight is 358 g/mol. The van der Waals surface area contributed by atoms with Crippen molar-refractivity contribution in [3.63, 3.8) is 0 Å². The molecule has 0 saturated carbocycles. The van der Waals surface area contributed by atoms with Gasteiger partial charge in [-0.2, -0.15) is 10.1 Å². The highest BCUT2D eigenvalue weighted by molar-refractivity contribution is 5.91. The Balaban J connectivity index is 2.12. The molecular formula is C18H16F2N4O2. The summed E-state index contributed by atoms with van der Waals surface area (Å²) in [5, 5.41) is 4.01. The van der Waals surface area contributed by atoms with Gasteiger partial charge in [-0.05, 0) is 25.5 Å². The largest absolute Gasteiger partial charge is 0.432 e. The number of anilines is 1. The van der Waals surface area contributed by atoms with Crippen LogP contribution in [0.4, 0.5) is 14.6 Å². The number of benzene rings is 1. The van der Waals surface area contributed by atoms with Crippen molar-refractivity contribution < 1.29 is 18.3 Å². The van der Waals surface area contributed by atoms with E-state index in [9.17, 15) is 13.6 Å². The fraction of sp³-hybridized carbons (Fsp3) is 0.167. The Bertz CT molecular complexity index is 890. The first-order valence-corrected chi connectivity index (χ1v) is 7.55. The lowest BCUT2D eigenvalue weighted by atomic mass is 10.2. The van der Waals surface area contributed by atoms with Gasteiger partial charge in [0.1, 0.15) is 5.82 Å². The molecule has 0 aliphatic heterocycles. The van der Waals surface area contributed by atoms with E-state index in [-0.39, 0.29) is 11.7 Å². The van der Waals surface area contributed by atoms with Gasteiger partial charge in [-0.3, -0.25) is 4.79 Å². The Morgan fingerprint density at radius 3 is 2.73 bits per heavy atom. The molecule has 0 unspecified atom stereocenters. The minimum atomic E-state index is -0.869. The van der Waals surface area contributed by atoms with E-state index in [1.54, 1.807) is 6.92 Å². The number of aryl methyl sites for hydroxylation is 1. The van der Waals surface area contributed by atoms with Gasteiger partial charge in [0, 0.05) is 18.7 Å². The number of aliphatic imine (C=N–C) groups is 1. The molecule has 2 aromatic rings. The molecule has 0 amide bonds. The first kappa shape index (κ1) is 18.9. The molecule has 26 heavy (non-hydrogen) atoms. The third kappa shape index (κ3) is 4.54. The molecule has 0 aliphatic rings. The Hall–Kier alpha value is -3.47. The van der Waals surface area contributed by atoms with Crippen LogP contribution < -0.4 is 10.5 Å². The molecule has 0 bridgehead atoms. The second-order valence-electron chi connectivity index (χ2n) is 5.30. The predicted molar refractivity (Wildman–Crippen MR) is 93.7 cm³/mol. The summed E-state index contributed by atoms with van der Waals surface area (Å²) in [4.78, 5) is 14.4. The van der Waals surface area contributed by atoms with Crippen LogP contribution in [0.1, 0.15) is 23.7 Å². The predicted octanol–water partition coefficient (Wildman–Crippen LogP) is 2.96. The van der Waals surface area contributed by atoms with E-state index in [1.165, 1.54) is 23.0 Å². The quantitative estimate of drug-likeness (QED) is 0.372. The summed E-state index contributed by atoms with van der Waals surface area (Å²) in [6.45, 7) is 2.15. The number of allylic oxidation sites excluding steroid dienone is 1. The van der Waals surface area contributed by atoms with Gasteiger partial charge < -0.3 is 10.5 Å². The van der Waals surface area contributed by atoms with Gasteiger partial charge in [-0.1, -0.05) is 18.1 Å². The van der Waals surface area contributed by atoms with Crippen LogP contribution in [0.25, 0.3) is 0 Å². The molecule has 134 valence electrons. The Morgan fingerprint density at radius 2 is 2.15 bits per heavy atom.